The molecule has 6 heteroatoms. The van der Waals surface area contributed by atoms with Gasteiger partial charge in [0.05, 0.1) is 0 Å². The third-order valence-electron chi connectivity index (χ3n) is 3.99. The van der Waals surface area contributed by atoms with Gasteiger partial charge in [0.1, 0.15) is 17.3 Å². The van der Waals surface area contributed by atoms with Crippen molar-refractivity contribution in [2.75, 3.05) is 18.4 Å². The van der Waals surface area contributed by atoms with Crippen LogP contribution in [0.3, 0.4) is 0 Å². The Bertz CT molecular complexity index is 632. The predicted octanol–water partition coefficient (Wildman–Crippen LogP) is 4.44. The summed E-state index contributed by atoms with van der Waals surface area (Å²) in [6.45, 7) is 1.17. The minimum atomic E-state index is -0.762. The topological polar surface area (TPSA) is 32.3 Å². The normalized spacial score (nSPS) is 15.8. The Labute approximate surface area is 131 Å². The molecule has 2 aromatic rings. The van der Waals surface area contributed by atoms with Crippen LogP contribution in [0.25, 0.3) is 0 Å². The van der Waals surface area contributed by atoms with E-state index < -0.39 is 17.7 Å². The number of piperidine rings is 1. The lowest BCUT2D eigenvalue weighted by Gasteiger charge is -2.31. The number of amides is 2. The van der Waals surface area contributed by atoms with Crippen molar-refractivity contribution < 1.29 is 13.6 Å². The zero-order chi connectivity index (χ0) is 15.5. The molecule has 1 aliphatic rings. The van der Waals surface area contributed by atoms with Gasteiger partial charge in [-0.1, -0.05) is 6.07 Å². The summed E-state index contributed by atoms with van der Waals surface area (Å²) in [6.07, 6.45) is 1.73. The summed E-state index contributed by atoms with van der Waals surface area (Å²) in [6, 6.07) is 5.18. The van der Waals surface area contributed by atoms with Gasteiger partial charge < -0.3 is 10.2 Å². The summed E-state index contributed by atoms with van der Waals surface area (Å²) in [4.78, 5) is 13.8. The lowest BCUT2D eigenvalue weighted by atomic mass is 9.91. The first-order valence-corrected chi connectivity index (χ1v) is 8.11. The van der Waals surface area contributed by atoms with E-state index in [1.807, 2.05) is 0 Å². The third kappa shape index (κ3) is 3.11. The van der Waals surface area contributed by atoms with Crippen molar-refractivity contribution >= 4 is 23.1 Å². The van der Waals surface area contributed by atoms with Crippen LogP contribution >= 0.6 is 11.3 Å². The second kappa shape index (κ2) is 6.44. The minimum Gasteiger partial charge on any atom is -0.324 e. The van der Waals surface area contributed by atoms with Crippen LogP contribution in [0.5, 0.6) is 0 Å². The molecule has 0 atom stereocenters. The van der Waals surface area contributed by atoms with Gasteiger partial charge in [0.15, 0.2) is 0 Å². The number of thiophene rings is 1. The highest BCUT2D eigenvalue weighted by Crippen LogP contribution is 2.29. The molecule has 22 heavy (non-hydrogen) atoms. The Kier molecular flexibility index (Phi) is 4.38. The molecule has 1 aromatic heterocycles. The van der Waals surface area contributed by atoms with E-state index >= 15 is 0 Å². The van der Waals surface area contributed by atoms with Crippen molar-refractivity contribution in [1.29, 1.82) is 0 Å². The van der Waals surface area contributed by atoms with Gasteiger partial charge in [0.25, 0.3) is 0 Å². The molecule has 0 spiro atoms. The third-order valence-corrected chi connectivity index (χ3v) is 4.69. The number of para-hydroxylation sites is 1. The van der Waals surface area contributed by atoms with E-state index in [0.29, 0.717) is 19.0 Å². The first kappa shape index (κ1) is 15.0. The predicted molar refractivity (Wildman–Crippen MR) is 83.2 cm³/mol. The first-order chi connectivity index (χ1) is 10.6. The number of halogens is 2. The molecule has 1 N–H and O–H groups in total. The van der Waals surface area contributed by atoms with Crippen LogP contribution in [0.2, 0.25) is 0 Å². The molecule has 3 rings (SSSR count). The highest BCUT2D eigenvalue weighted by atomic mass is 32.1. The fraction of sp³-hybridized carbons (Fsp3) is 0.312. The lowest BCUT2D eigenvalue weighted by Crippen LogP contribution is -2.40. The zero-order valence-corrected chi connectivity index (χ0v) is 12.7. The van der Waals surface area contributed by atoms with Gasteiger partial charge in [-0.15, -0.1) is 0 Å². The second-order valence-electron chi connectivity index (χ2n) is 5.34. The maximum Gasteiger partial charge on any atom is 0.322 e. The largest absolute Gasteiger partial charge is 0.324 e. The van der Waals surface area contributed by atoms with E-state index in [1.165, 1.54) is 11.6 Å². The number of anilines is 1. The molecular formula is C16H16F2N2OS. The number of hydrogen-bond acceptors (Lipinski definition) is 2. The Morgan fingerprint density at radius 2 is 1.86 bits per heavy atom. The molecule has 116 valence electrons. The Hall–Kier alpha value is -1.95. The van der Waals surface area contributed by atoms with Crippen molar-refractivity contribution in [2.45, 2.75) is 18.8 Å². The number of hydrogen-bond donors (Lipinski definition) is 1. The number of nitrogens with one attached hydrogen (secondary N) is 1. The van der Waals surface area contributed by atoms with Crippen LogP contribution in [0, 0.1) is 11.6 Å². The molecule has 0 unspecified atom stereocenters. The Balaban J connectivity index is 1.60. The summed E-state index contributed by atoms with van der Waals surface area (Å²) in [5.41, 5.74) is 0.928. The monoisotopic (exact) mass is 322 g/mol. The summed E-state index contributed by atoms with van der Waals surface area (Å²) in [5, 5.41) is 6.52. The quantitative estimate of drug-likeness (QED) is 0.871. The van der Waals surface area contributed by atoms with Gasteiger partial charge in [-0.25, -0.2) is 13.6 Å². The molecule has 0 saturated carbocycles. The molecule has 1 fully saturated rings. The summed E-state index contributed by atoms with van der Waals surface area (Å²) in [5.74, 6) is -1.07. The molecule has 1 aliphatic heterocycles. The van der Waals surface area contributed by atoms with E-state index in [9.17, 15) is 13.6 Å². The van der Waals surface area contributed by atoms with Crippen molar-refractivity contribution in [3.63, 3.8) is 0 Å². The van der Waals surface area contributed by atoms with Crippen LogP contribution < -0.4 is 5.32 Å². The van der Waals surface area contributed by atoms with Crippen molar-refractivity contribution in [2.24, 2.45) is 0 Å². The van der Waals surface area contributed by atoms with Crippen LogP contribution in [-0.4, -0.2) is 24.0 Å². The molecule has 1 saturated heterocycles. The van der Waals surface area contributed by atoms with Crippen LogP contribution in [-0.2, 0) is 0 Å². The molecular weight excluding hydrogens is 306 g/mol. The molecule has 0 bridgehead atoms. The van der Waals surface area contributed by atoms with Crippen molar-refractivity contribution in [3.05, 3.63) is 52.2 Å². The average molecular weight is 322 g/mol. The van der Waals surface area contributed by atoms with Gasteiger partial charge in [-0.05, 0) is 53.3 Å². The van der Waals surface area contributed by atoms with E-state index in [0.717, 1.165) is 25.0 Å². The number of nitrogens with zero attached hydrogens (tertiary/aromatic N) is 1. The van der Waals surface area contributed by atoms with Crippen LogP contribution in [0.1, 0.15) is 24.3 Å². The van der Waals surface area contributed by atoms with Crippen LogP contribution in [0.15, 0.2) is 35.0 Å². The first-order valence-electron chi connectivity index (χ1n) is 7.17. The molecule has 0 aliphatic carbocycles. The number of benzene rings is 1. The zero-order valence-electron chi connectivity index (χ0n) is 11.9. The van der Waals surface area contributed by atoms with Crippen molar-refractivity contribution in [3.8, 4) is 0 Å². The minimum absolute atomic E-state index is 0.382. The maximum atomic E-state index is 13.6. The van der Waals surface area contributed by atoms with Gasteiger partial charge in [-0.2, -0.15) is 11.3 Å². The van der Waals surface area contributed by atoms with E-state index in [2.05, 4.69) is 22.1 Å². The molecule has 2 heterocycles. The number of likely N-dealkylation sites (tertiary alicyclic amines) is 1. The van der Waals surface area contributed by atoms with Gasteiger partial charge in [0.2, 0.25) is 0 Å². The van der Waals surface area contributed by atoms with E-state index in [1.54, 1.807) is 16.2 Å². The smallest absolute Gasteiger partial charge is 0.322 e. The second-order valence-corrected chi connectivity index (χ2v) is 6.12. The summed E-state index contributed by atoms with van der Waals surface area (Å²) in [7, 11) is 0. The number of carbonyl (C=O) groups is 1. The molecule has 1 aromatic carbocycles. The number of rotatable bonds is 2. The lowest BCUT2D eigenvalue weighted by molar-refractivity contribution is 0.194. The van der Waals surface area contributed by atoms with Gasteiger partial charge in [0, 0.05) is 13.1 Å². The fourth-order valence-electron chi connectivity index (χ4n) is 2.73. The Morgan fingerprint density at radius 3 is 2.45 bits per heavy atom. The van der Waals surface area contributed by atoms with Gasteiger partial charge >= 0.3 is 6.03 Å². The summed E-state index contributed by atoms with van der Waals surface area (Å²) >= 11 is 1.67. The van der Waals surface area contributed by atoms with Crippen molar-refractivity contribution in [1.82, 2.24) is 4.90 Å². The van der Waals surface area contributed by atoms with E-state index in [4.69, 9.17) is 0 Å². The van der Waals surface area contributed by atoms with Crippen LogP contribution in [0.4, 0.5) is 19.3 Å². The maximum absolute atomic E-state index is 13.6. The summed E-state index contributed by atoms with van der Waals surface area (Å²) < 4.78 is 27.1. The number of urea groups is 1. The van der Waals surface area contributed by atoms with E-state index in [-0.39, 0.29) is 5.69 Å². The standard InChI is InChI=1S/C16H16F2N2OS/c17-13-2-1-3-14(18)15(13)19-16(21)20-7-4-11(5-8-20)12-6-9-22-10-12/h1-3,6,9-11H,4-5,7-8H2,(H,19,21). The molecule has 2 amide bonds. The SMILES string of the molecule is O=C(Nc1c(F)cccc1F)N1CCC(c2ccsc2)CC1. The fourth-order valence-corrected chi connectivity index (χ4v) is 3.47. The molecule has 3 nitrogen and oxygen atoms in total. The highest BCUT2D eigenvalue weighted by molar-refractivity contribution is 7.07. The Morgan fingerprint density at radius 1 is 1.18 bits per heavy atom. The molecule has 0 radical (unpaired) electrons. The average Bonchev–Trinajstić information content (AvgIpc) is 3.05. The highest BCUT2D eigenvalue weighted by Gasteiger charge is 2.25. The number of carbonyl (C=O) groups excluding carboxylic acids is 1. The van der Waals surface area contributed by atoms with Gasteiger partial charge in [-0.3, -0.25) is 0 Å².